The number of hydrogen-bond donors (Lipinski definition) is 2. The summed E-state index contributed by atoms with van der Waals surface area (Å²) in [5.74, 6) is 0.996. The lowest BCUT2D eigenvalue weighted by Gasteiger charge is -2.12. The molecule has 2 amide bonds. The largest absolute Gasteiger partial charge is 0.494 e. The molecule has 3 rings (SSSR count). The van der Waals surface area contributed by atoms with Crippen molar-refractivity contribution in [1.82, 2.24) is 10.7 Å². The van der Waals surface area contributed by atoms with Crippen LogP contribution in [0.3, 0.4) is 0 Å². The second-order valence-electron chi connectivity index (χ2n) is 7.49. The molecular formula is C27H28ClN3O5. The van der Waals surface area contributed by atoms with Gasteiger partial charge in [0, 0.05) is 10.6 Å². The molecule has 9 heteroatoms. The first-order chi connectivity index (χ1) is 17.5. The molecule has 0 aliphatic rings. The second-order valence-corrected chi connectivity index (χ2v) is 7.92. The van der Waals surface area contributed by atoms with E-state index >= 15 is 0 Å². The van der Waals surface area contributed by atoms with Crippen molar-refractivity contribution in [1.29, 1.82) is 0 Å². The van der Waals surface area contributed by atoms with E-state index in [-0.39, 0.29) is 12.5 Å². The Morgan fingerprint density at radius 2 is 1.61 bits per heavy atom. The minimum Gasteiger partial charge on any atom is -0.494 e. The second kappa shape index (κ2) is 13.7. The lowest BCUT2D eigenvalue weighted by Crippen LogP contribution is -2.34. The fraction of sp³-hybridized carbons (Fsp3) is 0.222. The van der Waals surface area contributed by atoms with Crippen LogP contribution in [0.2, 0.25) is 5.02 Å². The average molecular weight is 510 g/mol. The van der Waals surface area contributed by atoms with E-state index in [4.69, 9.17) is 25.8 Å². The SMILES string of the molecule is CCOc1ccc(C(=O)NCC(=O)N/N=C/c2ccc(OCc3ccc(Cl)cc3)c(OCC)c2)cc1. The van der Waals surface area contributed by atoms with Crippen molar-refractivity contribution in [3.8, 4) is 17.2 Å². The average Bonchev–Trinajstić information content (AvgIpc) is 2.88. The van der Waals surface area contributed by atoms with Crippen molar-refractivity contribution in [2.24, 2.45) is 5.10 Å². The molecule has 0 aliphatic carbocycles. The van der Waals surface area contributed by atoms with Crippen LogP contribution >= 0.6 is 11.6 Å². The molecule has 0 saturated carbocycles. The summed E-state index contributed by atoms with van der Waals surface area (Å²) in [5.41, 5.74) is 4.50. The summed E-state index contributed by atoms with van der Waals surface area (Å²) in [6.07, 6.45) is 1.48. The Balaban J connectivity index is 1.50. The number of benzene rings is 3. The molecule has 36 heavy (non-hydrogen) atoms. The zero-order valence-electron chi connectivity index (χ0n) is 20.1. The van der Waals surface area contributed by atoms with Crippen molar-refractivity contribution in [3.63, 3.8) is 0 Å². The summed E-state index contributed by atoms with van der Waals surface area (Å²) in [6.45, 7) is 4.91. The van der Waals surface area contributed by atoms with E-state index in [9.17, 15) is 9.59 Å². The lowest BCUT2D eigenvalue weighted by atomic mass is 10.2. The molecule has 3 aromatic carbocycles. The van der Waals surface area contributed by atoms with Crippen LogP contribution in [0.15, 0.2) is 71.8 Å². The van der Waals surface area contributed by atoms with Gasteiger partial charge < -0.3 is 19.5 Å². The molecule has 0 bridgehead atoms. The van der Waals surface area contributed by atoms with Gasteiger partial charge in [-0.15, -0.1) is 0 Å². The minimum absolute atomic E-state index is 0.217. The van der Waals surface area contributed by atoms with Gasteiger partial charge in [-0.25, -0.2) is 5.43 Å². The minimum atomic E-state index is -0.460. The Morgan fingerprint density at radius 1 is 0.889 bits per heavy atom. The number of halogens is 1. The number of nitrogens with zero attached hydrogens (tertiary/aromatic N) is 1. The van der Waals surface area contributed by atoms with Crippen molar-refractivity contribution in [3.05, 3.63) is 88.4 Å². The van der Waals surface area contributed by atoms with Crippen molar-refractivity contribution >= 4 is 29.6 Å². The molecule has 2 N–H and O–H groups in total. The molecule has 0 saturated heterocycles. The Morgan fingerprint density at radius 3 is 2.31 bits per heavy atom. The highest BCUT2D eigenvalue weighted by atomic mass is 35.5. The Labute approximate surface area is 215 Å². The van der Waals surface area contributed by atoms with E-state index in [2.05, 4.69) is 15.8 Å². The fourth-order valence-electron chi connectivity index (χ4n) is 3.08. The van der Waals surface area contributed by atoms with Gasteiger partial charge in [0.1, 0.15) is 12.4 Å². The zero-order valence-corrected chi connectivity index (χ0v) is 20.9. The van der Waals surface area contributed by atoms with E-state index in [0.717, 1.165) is 5.56 Å². The van der Waals surface area contributed by atoms with Crippen LogP contribution in [0.5, 0.6) is 17.2 Å². The zero-order chi connectivity index (χ0) is 25.8. The van der Waals surface area contributed by atoms with E-state index < -0.39 is 5.91 Å². The molecule has 188 valence electrons. The highest BCUT2D eigenvalue weighted by Gasteiger charge is 2.09. The third-order valence-electron chi connectivity index (χ3n) is 4.82. The maximum atomic E-state index is 12.2. The van der Waals surface area contributed by atoms with Gasteiger partial charge in [0.15, 0.2) is 11.5 Å². The van der Waals surface area contributed by atoms with Gasteiger partial charge in [-0.1, -0.05) is 23.7 Å². The van der Waals surface area contributed by atoms with E-state index in [1.807, 2.05) is 38.1 Å². The molecule has 0 fully saturated rings. The van der Waals surface area contributed by atoms with Crippen LogP contribution in [0.4, 0.5) is 0 Å². The third kappa shape index (κ3) is 8.32. The van der Waals surface area contributed by atoms with E-state index in [1.54, 1.807) is 42.5 Å². The Bertz CT molecular complexity index is 1180. The summed E-state index contributed by atoms with van der Waals surface area (Å²) < 4.78 is 16.9. The maximum absolute atomic E-state index is 12.2. The quantitative estimate of drug-likeness (QED) is 0.275. The van der Waals surface area contributed by atoms with Crippen LogP contribution in [0.25, 0.3) is 0 Å². The molecular weight excluding hydrogens is 482 g/mol. The number of rotatable bonds is 12. The number of ether oxygens (including phenoxy) is 3. The highest BCUT2D eigenvalue weighted by molar-refractivity contribution is 6.30. The van der Waals surface area contributed by atoms with Crippen LogP contribution < -0.4 is 25.0 Å². The Hall–Kier alpha value is -4.04. The van der Waals surface area contributed by atoms with Gasteiger partial charge in [0.2, 0.25) is 0 Å². The first-order valence-electron chi connectivity index (χ1n) is 11.5. The molecule has 0 spiro atoms. The fourth-order valence-corrected chi connectivity index (χ4v) is 3.21. The van der Waals surface area contributed by atoms with Crippen molar-refractivity contribution in [2.45, 2.75) is 20.5 Å². The van der Waals surface area contributed by atoms with Gasteiger partial charge in [-0.3, -0.25) is 9.59 Å². The first-order valence-corrected chi connectivity index (χ1v) is 11.8. The van der Waals surface area contributed by atoms with E-state index in [0.29, 0.717) is 53.2 Å². The van der Waals surface area contributed by atoms with Crippen molar-refractivity contribution in [2.75, 3.05) is 19.8 Å². The van der Waals surface area contributed by atoms with Crippen LogP contribution in [-0.2, 0) is 11.4 Å². The van der Waals surface area contributed by atoms with Gasteiger partial charge in [0.05, 0.1) is 26.0 Å². The van der Waals surface area contributed by atoms with E-state index in [1.165, 1.54) is 6.21 Å². The summed E-state index contributed by atoms with van der Waals surface area (Å²) in [6, 6.07) is 19.4. The predicted octanol–water partition coefficient (Wildman–Crippen LogP) is 4.60. The molecule has 0 atom stereocenters. The van der Waals surface area contributed by atoms with Gasteiger partial charge in [-0.2, -0.15) is 5.10 Å². The number of carbonyl (C=O) groups excluding carboxylic acids is 2. The van der Waals surface area contributed by atoms with Gasteiger partial charge in [0.25, 0.3) is 11.8 Å². The number of hydrogen-bond acceptors (Lipinski definition) is 6. The number of carbonyl (C=O) groups is 2. The summed E-state index contributed by atoms with van der Waals surface area (Å²) in [7, 11) is 0. The topological polar surface area (TPSA) is 98.2 Å². The molecule has 3 aromatic rings. The lowest BCUT2D eigenvalue weighted by molar-refractivity contribution is -0.120. The molecule has 0 radical (unpaired) electrons. The monoisotopic (exact) mass is 509 g/mol. The third-order valence-corrected chi connectivity index (χ3v) is 5.07. The number of hydrazone groups is 1. The molecule has 0 heterocycles. The first kappa shape index (κ1) is 26.6. The standard InChI is InChI=1S/C27H28ClN3O5/c1-3-34-23-12-8-21(9-13-23)27(33)29-17-26(32)31-30-16-20-7-14-24(25(15-20)35-4-2)36-18-19-5-10-22(28)11-6-19/h5-16H,3-4,17-18H2,1-2H3,(H,29,33)(H,31,32)/b30-16+. The highest BCUT2D eigenvalue weighted by Crippen LogP contribution is 2.29. The molecule has 0 unspecified atom stereocenters. The van der Waals surface area contributed by atoms with Crippen LogP contribution in [0.1, 0.15) is 35.3 Å². The Kier molecular flexibility index (Phi) is 10.1. The summed E-state index contributed by atoms with van der Waals surface area (Å²) >= 11 is 5.92. The maximum Gasteiger partial charge on any atom is 0.259 e. The molecule has 0 aromatic heterocycles. The van der Waals surface area contributed by atoms with Crippen molar-refractivity contribution < 1.29 is 23.8 Å². The summed E-state index contributed by atoms with van der Waals surface area (Å²) in [5, 5.41) is 7.18. The normalized spacial score (nSPS) is 10.6. The molecule has 8 nitrogen and oxygen atoms in total. The smallest absolute Gasteiger partial charge is 0.259 e. The van der Waals surface area contributed by atoms with Gasteiger partial charge >= 0.3 is 0 Å². The number of nitrogens with one attached hydrogen (secondary N) is 2. The summed E-state index contributed by atoms with van der Waals surface area (Å²) in [4.78, 5) is 24.3. The van der Waals surface area contributed by atoms with Gasteiger partial charge in [-0.05, 0) is 79.6 Å². The van der Waals surface area contributed by atoms with Crippen LogP contribution in [0, 0.1) is 0 Å². The van der Waals surface area contributed by atoms with Crippen LogP contribution in [-0.4, -0.2) is 37.8 Å². The number of amides is 2. The molecule has 0 aliphatic heterocycles. The predicted molar refractivity (Wildman–Crippen MR) is 139 cm³/mol.